The standard InChI is InChI=1S/C21H18N2/c1-14-18-11-9-16-7-8-17-10-12-19(21(18)20(16)17)23(22-14)13-15-5-3-2-4-6-15/h2-6,9-12H,7-8,13H2,1H3. The summed E-state index contributed by atoms with van der Waals surface area (Å²) < 4.78 is 0. The lowest BCUT2D eigenvalue weighted by Crippen LogP contribution is -2.22. The van der Waals surface area contributed by atoms with E-state index < -0.39 is 0 Å². The van der Waals surface area contributed by atoms with Gasteiger partial charge in [-0.3, -0.25) is 5.01 Å². The van der Waals surface area contributed by atoms with E-state index in [1.807, 2.05) is 0 Å². The second kappa shape index (κ2) is 4.69. The first kappa shape index (κ1) is 12.9. The van der Waals surface area contributed by atoms with Crippen molar-refractivity contribution >= 4 is 22.2 Å². The summed E-state index contributed by atoms with van der Waals surface area (Å²) in [6.45, 7) is 2.94. The summed E-state index contributed by atoms with van der Waals surface area (Å²) >= 11 is 0. The molecule has 0 unspecified atom stereocenters. The number of nitrogens with zero attached hydrogens (tertiary/aromatic N) is 2. The smallest absolute Gasteiger partial charge is 0.0683 e. The van der Waals surface area contributed by atoms with Crippen molar-refractivity contribution in [3.05, 3.63) is 76.9 Å². The fraction of sp³-hybridized carbons (Fsp3) is 0.190. The Labute approximate surface area is 136 Å². The van der Waals surface area contributed by atoms with Crippen LogP contribution in [-0.4, -0.2) is 5.71 Å². The number of anilines is 1. The maximum Gasteiger partial charge on any atom is 0.0683 e. The van der Waals surface area contributed by atoms with Crippen LogP contribution in [0.3, 0.4) is 0 Å². The summed E-state index contributed by atoms with van der Waals surface area (Å²) in [4.78, 5) is 0. The van der Waals surface area contributed by atoms with E-state index in [-0.39, 0.29) is 0 Å². The van der Waals surface area contributed by atoms with E-state index in [1.54, 1.807) is 0 Å². The molecule has 0 radical (unpaired) electrons. The van der Waals surface area contributed by atoms with Crippen molar-refractivity contribution in [2.45, 2.75) is 26.3 Å². The number of hydrogen-bond donors (Lipinski definition) is 0. The first-order valence-electron chi connectivity index (χ1n) is 8.26. The van der Waals surface area contributed by atoms with Crippen LogP contribution in [0.2, 0.25) is 0 Å². The number of aryl methyl sites for hydroxylation is 2. The molecule has 3 aromatic rings. The highest BCUT2D eigenvalue weighted by molar-refractivity contribution is 6.17. The van der Waals surface area contributed by atoms with Crippen LogP contribution >= 0.6 is 0 Å². The van der Waals surface area contributed by atoms with Crippen LogP contribution in [0.5, 0.6) is 0 Å². The Balaban J connectivity index is 1.72. The van der Waals surface area contributed by atoms with Crippen LogP contribution < -0.4 is 5.01 Å². The highest BCUT2D eigenvalue weighted by Gasteiger charge is 2.25. The van der Waals surface area contributed by atoms with Crippen molar-refractivity contribution in [3.63, 3.8) is 0 Å². The van der Waals surface area contributed by atoms with Crippen molar-refractivity contribution < 1.29 is 0 Å². The van der Waals surface area contributed by atoms with Gasteiger partial charge in [-0.15, -0.1) is 0 Å². The zero-order valence-corrected chi connectivity index (χ0v) is 13.2. The molecule has 0 fully saturated rings. The molecule has 2 nitrogen and oxygen atoms in total. The zero-order valence-electron chi connectivity index (χ0n) is 13.2. The second-order valence-corrected chi connectivity index (χ2v) is 6.49. The van der Waals surface area contributed by atoms with Crippen molar-refractivity contribution in [2.75, 3.05) is 5.01 Å². The van der Waals surface area contributed by atoms with Crippen molar-refractivity contribution in [2.24, 2.45) is 5.10 Å². The molecule has 0 aromatic heterocycles. The van der Waals surface area contributed by atoms with E-state index in [0.717, 1.165) is 12.3 Å². The summed E-state index contributed by atoms with van der Waals surface area (Å²) in [5, 5.41) is 9.92. The van der Waals surface area contributed by atoms with Crippen molar-refractivity contribution in [1.29, 1.82) is 0 Å². The van der Waals surface area contributed by atoms with Crippen LogP contribution in [0.1, 0.15) is 29.2 Å². The van der Waals surface area contributed by atoms with Crippen LogP contribution in [0.15, 0.2) is 59.7 Å². The van der Waals surface area contributed by atoms with E-state index in [1.165, 1.54) is 51.6 Å². The molecule has 5 rings (SSSR count). The van der Waals surface area contributed by atoms with E-state index in [9.17, 15) is 0 Å². The molecule has 1 aliphatic carbocycles. The van der Waals surface area contributed by atoms with Gasteiger partial charge in [0.2, 0.25) is 0 Å². The molecule has 23 heavy (non-hydrogen) atoms. The minimum atomic E-state index is 0.816. The Hall–Kier alpha value is -2.61. The molecule has 0 saturated heterocycles. The van der Waals surface area contributed by atoms with Gasteiger partial charge in [0.1, 0.15) is 0 Å². The highest BCUT2D eigenvalue weighted by Crippen LogP contribution is 2.41. The Morgan fingerprint density at radius 2 is 1.61 bits per heavy atom. The third-order valence-electron chi connectivity index (χ3n) is 5.09. The van der Waals surface area contributed by atoms with Gasteiger partial charge in [-0.25, -0.2) is 0 Å². The summed E-state index contributed by atoms with van der Waals surface area (Å²) in [6, 6.07) is 19.7. The topological polar surface area (TPSA) is 15.6 Å². The average Bonchev–Trinajstić information content (AvgIpc) is 3.00. The Morgan fingerprint density at radius 3 is 2.39 bits per heavy atom. The number of benzene rings is 3. The quantitative estimate of drug-likeness (QED) is 0.670. The maximum atomic E-state index is 4.87. The van der Waals surface area contributed by atoms with E-state index in [0.29, 0.717) is 0 Å². The molecular formula is C21H18N2. The van der Waals surface area contributed by atoms with Gasteiger partial charge in [0.05, 0.1) is 17.9 Å². The van der Waals surface area contributed by atoms with Gasteiger partial charge < -0.3 is 0 Å². The van der Waals surface area contributed by atoms with Gasteiger partial charge in [-0.2, -0.15) is 5.10 Å². The van der Waals surface area contributed by atoms with E-state index >= 15 is 0 Å². The van der Waals surface area contributed by atoms with Crippen LogP contribution in [-0.2, 0) is 19.4 Å². The molecule has 2 aliphatic rings. The number of hydrogen-bond acceptors (Lipinski definition) is 2. The maximum absolute atomic E-state index is 4.87. The van der Waals surface area contributed by atoms with Crippen LogP contribution in [0.4, 0.5) is 5.69 Å². The Kier molecular flexibility index (Phi) is 2.63. The minimum Gasteiger partial charge on any atom is -0.260 e. The molecule has 0 saturated carbocycles. The second-order valence-electron chi connectivity index (χ2n) is 6.49. The van der Waals surface area contributed by atoms with E-state index in [2.05, 4.69) is 66.5 Å². The first-order valence-corrected chi connectivity index (χ1v) is 8.26. The number of hydrazone groups is 1. The van der Waals surface area contributed by atoms with Gasteiger partial charge in [0.15, 0.2) is 0 Å². The van der Waals surface area contributed by atoms with Gasteiger partial charge in [-0.1, -0.05) is 48.5 Å². The Bertz CT molecular complexity index is 944. The Morgan fingerprint density at radius 1 is 0.870 bits per heavy atom. The third-order valence-corrected chi connectivity index (χ3v) is 5.09. The molecule has 0 atom stereocenters. The monoisotopic (exact) mass is 298 g/mol. The lowest BCUT2D eigenvalue weighted by molar-refractivity contribution is 0.853. The van der Waals surface area contributed by atoms with E-state index in [4.69, 9.17) is 5.10 Å². The zero-order chi connectivity index (χ0) is 15.4. The summed E-state index contributed by atoms with van der Waals surface area (Å²) in [5.41, 5.74) is 7.94. The molecule has 3 aromatic carbocycles. The molecule has 0 N–H and O–H groups in total. The fourth-order valence-corrected chi connectivity index (χ4v) is 3.99. The minimum absolute atomic E-state index is 0.816. The first-order chi connectivity index (χ1) is 11.3. The molecule has 0 bridgehead atoms. The SMILES string of the molecule is CC1=NN(Cc2ccccc2)c2ccc3c4c(ccc1c24)CC3. The molecule has 0 amide bonds. The molecule has 1 heterocycles. The average molecular weight is 298 g/mol. The molecule has 112 valence electrons. The predicted octanol–water partition coefficient (Wildman–Crippen LogP) is 4.68. The molecule has 1 aliphatic heterocycles. The van der Waals surface area contributed by atoms with Crippen molar-refractivity contribution in [3.8, 4) is 0 Å². The molecular weight excluding hydrogens is 280 g/mol. The summed E-state index contributed by atoms with van der Waals surface area (Å²) in [7, 11) is 0. The normalized spacial score (nSPS) is 15.2. The predicted molar refractivity (Wildman–Crippen MR) is 96.2 cm³/mol. The fourth-order valence-electron chi connectivity index (χ4n) is 3.99. The summed E-state index contributed by atoms with van der Waals surface area (Å²) in [6.07, 6.45) is 2.34. The lowest BCUT2D eigenvalue weighted by Gasteiger charge is -2.28. The van der Waals surface area contributed by atoms with Crippen LogP contribution in [0.25, 0.3) is 10.8 Å². The van der Waals surface area contributed by atoms with Crippen LogP contribution in [0, 0.1) is 0 Å². The third kappa shape index (κ3) is 1.84. The van der Waals surface area contributed by atoms with Crippen molar-refractivity contribution in [1.82, 2.24) is 0 Å². The van der Waals surface area contributed by atoms with Gasteiger partial charge in [0.25, 0.3) is 0 Å². The van der Waals surface area contributed by atoms with Gasteiger partial charge in [-0.05, 0) is 47.9 Å². The highest BCUT2D eigenvalue weighted by atomic mass is 15.5. The summed E-state index contributed by atoms with van der Waals surface area (Å²) in [5.74, 6) is 0. The lowest BCUT2D eigenvalue weighted by atomic mass is 9.94. The van der Waals surface area contributed by atoms with Gasteiger partial charge in [0, 0.05) is 10.9 Å². The number of rotatable bonds is 2. The molecule has 0 spiro atoms. The molecule has 2 heteroatoms. The largest absolute Gasteiger partial charge is 0.260 e. The van der Waals surface area contributed by atoms with Gasteiger partial charge >= 0.3 is 0 Å².